The second-order valence-electron chi connectivity index (χ2n) is 5.65. The first kappa shape index (κ1) is 19.7. The van der Waals surface area contributed by atoms with Crippen molar-refractivity contribution in [1.29, 1.82) is 0 Å². The SMILES string of the molecule is O=C(CCCC(=O)OCC(F)(F)C(F)F)Nc1cccc2ccccc12. The minimum atomic E-state index is -4.37. The Morgan fingerprint density at radius 1 is 1.04 bits per heavy atom. The first-order chi connectivity index (χ1) is 12.3. The van der Waals surface area contributed by atoms with Crippen molar-refractivity contribution in [3.05, 3.63) is 42.5 Å². The van der Waals surface area contributed by atoms with E-state index in [4.69, 9.17) is 0 Å². The fraction of sp³-hybridized carbons (Fsp3) is 0.333. The van der Waals surface area contributed by atoms with Gasteiger partial charge in [-0.15, -0.1) is 0 Å². The molecule has 2 rings (SSSR count). The predicted molar refractivity (Wildman–Crippen MR) is 88.3 cm³/mol. The summed E-state index contributed by atoms with van der Waals surface area (Å²) in [6.45, 7) is -1.67. The topological polar surface area (TPSA) is 55.4 Å². The fourth-order valence-corrected chi connectivity index (χ4v) is 2.25. The molecule has 2 aromatic carbocycles. The first-order valence-corrected chi connectivity index (χ1v) is 7.89. The monoisotopic (exact) mass is 371 g/mol. The lowest BCUT2D eigenvalue weighted by Crippen LogP contribution is -2.33. The molecule has 0 bridgehead atoms. The minimum absolute atomic E-state index is 0.0381. The molecule has 0 aliphatic carbocycles. The number of carbonyl (C=O) groups is 2. The lowest BCUT2D eigenvalue weighted by atomic mass is 10.1. The van der Waals surface area contributed by atoms with Crippen LogP contribution in [0.25, 0.3) is 10.8 Å². The number of hydrogen-bond acceptors (Lipinski definition) is 3. The van der Waals surface area contributed by atoms with Crippen LogP contribution in [-0.4, -0.2) is 30.8 Å². The van der Waals surface area contributed by atoms with Crippen LogP contribution in [0.5, 0.6) is 0 Å². The molecule has 0 aliphatic rings. The van der Waals surface area contributed by atoms with Crippen LogP contribution in [0, 0.1) is 0 Å². The number of esters is 1. The van der Waals surface area contributed by atoms with Gasteiger partial charge >= 0.3 is 18.3 Å². The molecule has 1 amide bonds. The van der Waals surface area contributed by atoms with E-state index in [2.05, 4.69) is 10.1 Å². The van der Waals surface area contributed by atoms with E-state index in [0.29, 0.717) is 5.69 Å². The molecule has 4 nitrogen and oxygen atoms in total. The summed E-state index contributed by atoms with van der Waals surface area (Å²) in [6.07, 6.45) is -4.21. The standard InChI is InChI=1S/C18H17F4NO3/c19-17(20)18(21,22)11-26-16(25)10-4-9-15(24)23-14-8-3-6-12-5-1-2-7-13(12)14/h1-3,5-8,17H,4,9-11H2,(H,23,24). The summed E-state index contributed by atoms with van der Waals surface area (Å²) in [5, 5.41) is 4.53. The molecular formula is C18H17F4NO3. The van der Waals surface area contributed by atoms with Gasteiger partial charge in [-0.2, -0.15) is 8.78 Å². The Morgan fingerprint density at radius 2 is 1.73 bits per heavy atom. The third-order valence-corrected chi connectivity index (χ3v) is 3.59. The molecule has 0 unspecified atom stereocenters. The molecule has 0 heterocycles. The summed E-state index contributed by atoms with van der Waals surface area (Å²) in [5.41, 5.74) is 0.618. The average Bonchev–Trinajstić information content (AvgIpc) is 2.60. The van der Waals surface area contributed by atoms with Gasteiger partial charge < -0.3 is 10.1 Å². The largest absolute Gasteiger partial charge is 0.459 e. The number of halogens is 4. The molecule has 2 aromatic rings. The van der Waals surface area contributed by atoms with Crippen molar-refractivity contribution < 1.29 is 31.9 Å². The number of benzene rings is 2. The highest BCUT2D eigenvalue weighted by Crippen LogP contribution is 2.24. The van der Waals surface area contributed by atoms with E-state index in [1.165, 1.54) is 0 Å². The quantitative estimate of drug-likeness (QED) is 0.553. The van der Waals surface area contributed by atoms with Gasteiger partial charge in [-0.25, -0.2) is 8.78 Å². The second kappa shape index (κ2) is 8.64. The summed E-state index contributed by atoms with van der Waals surface area (Å²) in [5.74, 6) is -5.78. The van der Waals surface area contributed by atoms with Crippen LogP contribution in [0.1, 0.15) is 19.3 Å². The zero-order valence-corrected chi connectivity index (χ0v) is 13.7. The van der Waals surface area contributed by atoms with Crippen molar-refractivity contribution >= 4 is 28.3 Å². The first-order valence-electron chi connectivity index (χ1n) is 7.89. The third kappa shape index (κ3) is 5.44. The maximum atomic E-state index is 12.6. The maximum absolute atomic E-state index is 12.6. The zero-order chi connectivity index (χ0) is 19.2. The summed E-state index contributed by atoms with van der Waals surface area (Å²) in [4.78, 5) is 23.3. The Kier molecular flexibility index (Phi) is 6.54. The van der Waals surface area contributed by atoms with Gasteiger partial charge in [0.05, 0.1) is 0 Å². The molecule has 8 heteroatoms. The molecule has 0 aliphatic heterocycles. The van der Waals surface area contributed by atoms with E-state index in [1.807, 2.05) is 30.3 Å². The number of anilines is 1. The van der Waals surface area contributed by atoms with Crippen LogP contribution in [0.15, 0.2) is 42.5 Å². The summed E-state index contributed by atoms with van der Waals surface area (Å²) >= 11 is 0. The van der Waals surface area contributed by atoms with Gasteiger partial charge in [0.25, 0.3) is 0 Å². The number of hydrogen-bond donors (Lipinski definition) is 1. The van der Waals surface area contributed by atoms with Crippen LogP contribution in [0.2, 0.25) is 0 Å². The van der Waals surface area contributed by atoms with Gasteiger partial charge in [0.2, 0.25) is 5.91 Å². The molecule has 0 saturated carbocycles. The molecule has 0 aromatic heterocycles. The normalized spacial score (nSPS) is 11.6. The Hall–Kier alpha value is -2.64. The molecule has 26 heavy (non-hydrogen) atoms. The van der Waals surface area contributed by atoms with Gasteiger partial charge in [-0.1, -0.05) is 36.4 Å². The Morgan fingerprint density at radius 3 is 2.46 bits per heavy atom. The summed E-state index contributed by atoms with van der Waals surface area (Å²) < 4.78 is 53.3. The number of carbonyl (C=O) groups excluding carboxylic acids is 2. The number of alkyl halides is 4. The van der Waals surface area contributed by atoms with Crippen molar-refractivity contribution in [2.45, 2.75) is 31.6 Å². The van der Waals surface area contributed by atoms with Crippen molar-refractivity contribution in [1.82, 2.24) is 0 Å². The predicted octanol–water partition coefficient (Wildman–Crippen LogP) is 4.39. The summed E-state index contributed by atoms with van der Waals surface area (Å²) in [6, 6.07) is 12.9. The van der Waals surface area contributed by atoms with E-state index >= 15 is 0 Å². The highest BCUT2D eigenvalue weighted by molar-refractivity contribution is 6.02. The van der Waals surface area contributed by atoms with Crippen LogP contribution in [-0.2, 0) is 14.3 Å². The highest BCUT2D eigenvalue weighted by Gasteiger charge is 2.42. The van der Waals surface area contributed by atoms with Crippen LogP contribution < -0.4 is 5.32 Å². The van der Waals surface area contributed by atoms with E-state index in [-0.39, 0.29) is 25.2 Å². The summed E-state index contributed by atoms with van der Waals surface area (Å²) in [7, 11) is 0. The van der Waals surface area contributed by atoms with Gasteiger partial charge in [0, 0.05) is 23.9 Å². The number of ether oxygens (including phenoxy) is 1. The minimum Gasteiger partial charge on any atom is -0.459 e. The number of amides is 1. The van der Waals surface area contributed by atoms with Crippen LogP contribution >= 0.6 is 0 Å². The van der Waals surface area contributed by atoms with Gasteiger partial charge in [-0.05, 0) is 17.9 Å². The molecule has 0 fully saturated rings. The van der Waals surface area contributed by atoms with Gasteiger partial charge in [-0.3, -0.25) is 9.59 Å². The number of fused-ring (bicyclic) bond motifs is 1. The third-order valence-electron chi connectivity index (χ3n) is 3.59. The lowest BCUT2D eigenvalue weighted by Gasteiger charge is -2.14. The fourth-order valence-electron chi connectivity index (χ4n) is 2.25. The molecule has 0 saturated heterocycles. The van der Waals surface area contributed by atoms with E-state index in [1.54, 1.807) is 12.1 Å². The molecular weight excluding hydrogens is 354 g/mol. The second-order valence-corrected chi connectivity index (χ2v) is 5.65. The number of rotatable bonds is 8. The molecule has 0 radical (unpaired) electrons. The van der Waals surface area contributed by atoms with Crippen LogP contribution in [0.3, 0.4) is 0 Å². The molecule has 0 spiro atoms. The lowest BCUT2D eigenvalue weighted by molar-refractivity contribution is -0.179. The van der Waals surface area contributed by atoms with Crippen molar-refractivity contribution in [3.8, 4) is 0 Å². The van der Waals surface area contributed by atoms with E-state index in [9.17, 15) is 27.2 Å². The van der Waals surface area contributed by atoms with E-state index in [0.717, 1.165) is 10.8 Å². The Labute approximate surface area is 147 Å². The average molecular weight is 371 g/mol. The molecule has 1 N–H and O–H groups in total. The smallest absolute Gasteiger partial charge is 0.340 e. The zero-order valence-electron chi connectivity index (χ0n) is 13.7. The maximum Gasteiger partial charge on any atom is 0.340 e. The van der Waals surface area contributed by atoms with Crippen molar-refractivity contribution in [2.24, 2.45) is 0 Å². The van der Waals surface area contributed by atoms with Gasteiger partial charge in [0.1, 0.15) is 0 Å². The van der Waals surface area contributed by atoms with E-state index < -0.39 is 24.9 Å². The van der Waals surface area contributed by atoms with Gasteiger partial charge in [0.15, 0.2) is 6.61 Å². The van der Waals surface area contributed by atoms with Crippen LogP contribution in [0.4, 0.5) is 23.2 Å². The molecule has 0 atom stereocenters. The highest BCUT2D eigenvalue weighted by atomic mass is 19.3. The Balaban J connectivity index is 1.78. The Bertz CT molecular complexity index is 775. The number of nitrogens with one attached hydrogen (secondary N) is 1. The van der Waals surface area contributed by atoms with Crippen molar-refractivity contribution in [2.75, 3.05) is 11.9 Å². The molecule has 140 valence electrons. The van der Waals surface area contributed by atoms with Crippen molar-refractivity contribution in [3.63, 3.8) is 0 Å².